The molecule has 190 valence electrons. The normalized spacial score (nSPS) is 12.8. The van der Waals surface area contributed by atoms with Crippen LogP contribution in [0.1, 0.15) is 70.7 Å². The largest absolute Gasteiger partial charge is 0.466 e. The second-order valence-corrected chi connectivity index (χ2v) is 9.16. The molecular formula is C25H39N3O6. The highest BCUT2D eigenvalue weighted by Gasteiger charge is 2.34. The number of carbonyl (C=O) groups is 4. The van der Waals surface area contributed by atoms with E-state index in [0.29, 0.717) is 5.56 Å². The van der Waals surface area contributed by atoms with Crippen LogP contribution in [0.4, 0.5) is 4.79 Å². The second-order valence-electron chi connectivity index (χ2n) is 9.16. The van der Waals surface area contributed by atoms with Gasteiger partial charge in [-0.1, -0.05) is 29.3 Å². The molecule has 0 fully saturated rings. The third-order valence-corrected chi connectivity index (χ3v) is 4.78. The number of carbonyl (C=O) groups excluding carboxylic acids is 4. The third kappa shape index (κ3) is 9.41. The molecule has 9 heteroatoms. The Balaban J connectivity index is 3.16. The Morgan fingerprint density at radius 2 is 1.62 bits per heavy atom. The molecule has 9 nitrogen and oxygen atoms in total. The average Bonchev–Trinajstić information content (AvgIpc) is 2.69. The lowest BCUT2D eigenvalue weighted by Gasteiger charge is -2.33. The Kier molecular flexibility index (Phi) is 11.0. The van der Waals surface area contributed by atoms with Crippen molar-refractivity contribution in [2.75, 3.05) is 19.7 Å². The lowest BCUT2D eigenvalue weighted by atomic mass is 9.98. The molecule has 0 saturated heterocycles. The minimum atomic E-state index is -0.943. The van der Waals surface area contributed by atoms with Crippen molar-refractivity contribution in [2.45, 2.75) is 79.5 Å². The number of esters is 1. The van der Waals surface area contributed by atoms with Crippen molar-refractivity contribution in [1.82, 2.24) is 15.5 Å². The molecule has 1 aromatic rings. The molecule has 2 atom stereocenters. The van der Waals surface area contributed by atoms with E-state index in [2.05, 4.69) is 10.6 Å². The van der Waals surface area contributed by atoms with Crippen LogP contribution in [0.15, 0.2) is 18.2 Å². The number of nitrogens with zero attached hydrogens (tertiary/aromatic N) is 1. The van der Waals surface area contributed by atoms with E-state index in [0.717, 1.165) is 11.1 Å². The number of benzene rings is 1. The van der Waals surface area contributed by atoms with Crippen LogP contribution in [0.2, 0.25) is 0 Å². The molecule has 1 rings (SSSR count). The minimum absolute atomic E-state index is 0.0236. The van der Waals surface area contributed by atoms with Crippen LogP contribution in [0.3, 0.4) is 0 Å². The van der Waals surface area contributed by atoms with E-state index in [1.165, 1.54) is 4.90 Å². The van der Waals surface area contributed by atoms with Crippen molar-refractivity contribution >= 4 is 23.9 Å². The summed E-state index contributed by atoms with van der Waals surface area (Å²) in [7, 11) is 0. The molecule has 0 aromatic heterocycles. The van der Waals surface area contributed by atoms with Crippen molar-refractivity contribution in [3.63, 3.8) is 0 Å². The summed E-state index contributed by atoms with van der Waals surface area (Å²) in [5.74, 6) is -1.27. The number of rotatable bonds is 10. The molecule has 0 bridgehead atoms. The van der Waals surface area contributed by atoms with E-state index in [1.54, 1.807) is 41.5 Å². The van der Waals surface area contributed by atoms with Crippen LogP contribution >= 0.6 is 0 Å². The van der Waals surface area contributed by atoms with Crippen LogP contribution in [0, 0.1) is 13.8 Å². The van der Waals surface area contributed by atoms with Gasteiger partial charge in [-0.3, -0.25) is 14.4 Å². The van der Waals surface area contributed by atoms with Gasteiger partial charge in [0.15, 0.2) is 0 Å². The standard InChI is InChI=1S/C25H39N3O6/c1-9-28(23(31)18(5)27-24(32)34-25(6,7)8)21(19-14-16(3)13-17(4)15-19)22(30)26-12-11-20(29)33-10-2/h13-15,18,21H,9-12H2,1-8H3,(H,26,30)(H,27,32). The van der Waals surface area contributed by atoms with Gasteiger partial charge in [-0.25, -0.2) is 4.79 Å². The first-order chi connectivity index (χ1) is 15.8. The number of alkyl carbamates (subject to hydrolysis) is 1. The summed E-state index contributed by atoms with van der Waals surface area (Å²) in [5.41, 5.74) is 1.83. The van der Waals surface area contributed by atoms with Crippen LogP contribution in [0.5, 0.6) is 0 Å². The molecule has 2 N–H and O–H groups in total. The topological polar surface area (TPSA) is 114 Å². The molecule has 2 unspecified atom stereocenters. The highest BCUT2D eigenvalue weighted by atomic mass is 16.6. The molecular weight excluding hydrogens is 438 g/mol. The van der Waals surface area contributed by atoms with Gasteiger partial charge in [0.25, 0.3) is 0 Å². The van der Waals surface area contributed by atoms with Crippen molar-refractivity contribution in [3.8, 4) is 0 Å². The zero-order valence-electron chi connectivity index (χ0n) is 21.6. The van der Waals surface area contributed by atoms with E-state index >= 15 is 0 Å². The van der Waals surface area contributed by atoms with Crippen LogP contribution < -0.4 is 10.6 Å². The van der Waals surface area contributed by atoms with Gasteiger partial charge in [0.05, 0.1) is 13.0 Å². The summed E-state index contributed by atoms with van der Waals surface area (Å²) in [5, 5.41) is 5.29. The monoisotopic (exact) mass is 477 g/mol. The molecule has 0 saturated carbocycles. The predicted molar refractivity (Wildman–Crippen MR) is 129 cm³/mol. The van der Waals surface area contributed by atoms with Gasteiger partial charge in [0.1, 0.15) is 17.7 Å². The maximum Gasteiger partial charge on any atom is 0.408 e. The Morgan fingerprint density at radius 3 is 2.12 bits per heavy atom. The zero-order valence-corrected chi connectivity index (χ0v) is 21.6. The van der Waals surface area contributed by atoms with Gasteiger partial charge in [-0.2, -0.15) is 0 Å². The van der Waals surface area contributed by atoms with Gasteiger partial charge in [0.2, 0.25) is 11.8 Å². The van der Waals surface area contributed by atoms with Crippen molar-refractivity contribution < 1.29 is 28.7 Å². The van der Waals surface area contributed by atoms with Crippen molar-refractivity contribution in [1.29, 1.82) is 0 Å². The summed E-state index contributed by atoms with van der Waals surface area (Å²) in [4.78, 5) is 51.9. The lowest BCUT2D eigenvalue weighted by molar-refractivity contribution is -0.144. The molecule has 0 spiro atoms. The first kappa shape index (κ1) is 28.9. The van der Waals surface area contributed by atoms with Gasteiger partial charge < -0.3 is 25.0 Å². The smallest absolute Gasteiger partial charge is 0.408 e. The van der Waals surface area contributed by atoms with Crippen LogP contribution in [-0.4, -0.2) is 60.1 Å². The van der Waals surface area contributed by atoms with Gasteiger partial charge in [-0.05, 0) is 61.0 Å². The molecule has 0 aliphatic carbocycles. The predicted octanol–water partition coefficient (Wildman–Crippen LogP) is 3.18. The molecule has 3 amide bonds. The lowest BCUT2D eigenvalue weighted by Crippen LogP contribution is -2.52. The first-order valence-corrected chi connectivity index (χ1v) is 11.6. The van der Waals surface area contributed by atoms with E-state index in [4.69, 9.17) is 9.47 Å². The Bertz CT molecular complexity index is 858. The third-order valence-electron chi connectivity index (χ3n) is 4.78. The Labute approximate surface area is 202 Å². The highest BCUT2D eigenvalue weighted by molar-refractivity contribution is 5.92. The fourth-order valence-electron chi connectivity index (χ4n) is 3.52. The van der Waals surface area contributed by atoms with Crippen molar-refractivity contribution in [2.24, 2.45) is 0 Å². The second kappa shape index (κ2) is 13.0. The summed E-state index contributed by atoms with van der Waals surface area (Å²) in [6, 6.07) is 3.82. The number of ether oxygens (including phenoxy) is 2. The molecule has 0 aliphatic rings. The maximum atomic E-state index is 13.3. The average molecular weight is 478 g/mol. The molecule has 0 heterocycles. The number of nitrogens with one attached hydrogen (secondary N) is 2. The number of aryl methyl sites for hydroxylation is 2. The van der Waals surface area contributed by atoms with Crippen molar-refractivity contribution in [3.05, 3.63) is 34.9 Å². The summed E-state index contributed by atoms with van der Waals surface area (Å²) < 4.78 is 10.2. The van der Waals surface area contributed by atoms with Crippen LogP contribution in [0.25, 0.3) is 0 Å². The van der Waals surface area contributed by atoms with Gasteiger partial charge in [-0.15, -0.1) is 0 Å². The first-order valence-electron chi connectivity index (χ1n) is 11.6. The Hall–Kier alpha value is -3.10. The number of hydrogen-bond donors (Lipinski definition) is 2. The SMILES string of the molecule is CCOC(=O)CCNC(=O)C(c1cc(C)cc(C)c1)N(CC)C(=O)C(C)NC(=O)OC(C)(C)C. The summed E-state index contributed by atoms with van der Waals surface area (Å²) in [6.07, 6.45) is -0.693. The van der Waals surface area contributed by atoms with E-state index < -0.39 is 41.6 Å². The molecule has 0 radical (unpaired) electrons. The van der Waals surface area contributed by atoms with E-state index in [1.807, 2.05) is 32.0 Å². The molecule has 34 heavy (non-hydrogen) atoms. The number of hydrogen-bond acceptors (Lipinski definition) is 6. The van der Waals surface area contributed by atoms with Gasteiger partial charge >= 0.3 is 12.1 Å². The number of amides is 3. The van der Waals surface area contributed by atoms with Gasteiger partial charge in [0, 0.05) is 13.1 Å². The van der Waals surface area contributed by atoms with Crippen LogP contribution in [-0.2, 0) is 23.9 Å². The zero-order chi connectivity index (χ0) is 26.1. The fourth-order valence-corrected chi connectivity index (χ4v) is 3.52. The fraction of sp³-hybridized carbons (Fsp3) is 0.600. The Morgan fingerprint density at radius 1 is 1.03 bits per heavy atom. The van der Waals surface area contributed by atoms with E-state index in [-0.39, 0.29) is 26.1 Å². The molecule has 1 aromatic carbocycles. The summed E-state index contributed by atoms with van der Waals surface area (Å²) >= 11 is 0. The summed E-state index contributed by atoms with van der Waals surface area (Å²) in [6.45, 7) is 14.6. The quantitative estimate of drug-likeness (QED) is 0.501. The minimum Gasteiger partial charge on any atom is -0.466 e. The number of likely N-dealkylation sites (N-methyl/N-ethyl adjacent to an activating group) is 1. The van der Waals surface area contributed by atoms with E-state index in [9.17, 15) is 19.2 Å². The highest BCUT2D eigenvalue weighted by Crippen LogP contribution is 2.24. The molecule has 0 aliphatic heterocycles. The maximum absolute atomic E-state index is 13.3.